The van der Waals surface area contributed by atoms with Crippen LogP contribution in [0.1, 0.15) is 5.56 Å². The maximum Gasteiger partial charge on any atom is 0.0701 e. The minimum Gasteiger partial charge on any atom is -0.326 e. The van der Waals surface area contributed by atoms with Gasteiger partial charge in [-0.25, -0.2) is 4.68 Å². The van der Waals surface area contributed by atoms with Crippen molar-refractivity contribution in [2.45, 2.75) is 6.54 Å². The first-order valence-corrected chi connectivity index (χ1v) is 7.17. The number of nitrogens with zero attached hydrogens (tertiary/aromatic N) is 2. The van der Waals surface area contributed by atoms with Crippen LogP contribution in [0.5, 0.6) is 0 Å². The van der Waals surface area contributed by atoms with E-state index in [-0.39, 0.29) is 0 Å². The molecule has 20 heavy (non-hydrogen) atoms. The second-order valence-electron chi connectivity index (χ2n) is 4.48. The van der Waals surface area contributed by atoms with Gasteiger partial charge in [-0.2, -0.15) is 5.10 Å². The number of hydrogen-bond acceptors (Lipinski definition) is 2. The first-order valence-electron chi connectivity index (χ1n) is 6.37. The fraction of sp³-hybridized carbons (Fsp3) is 0.0625. The van der Waals surface area contributed by atoms with Gasteiger partial charge in [-0.1, -0.05) is 52.3 Å². The minimum atomic E-state index is 0.470. The lowest BCUT2D eigenvalue weighted by atomic mass is 10.1. The van der Waals surface area contributed by atoms with E-state index >= 15 is 0 Å². The molecule has 0 radical (unpaired) electrons. The van der Waals surface area contributed by atoms with Crippen LogP contribution in [-0.2, 0) is 6.54 Å². The van der Waals surface area contributed by atoms with Crippen LogP contribution in [0.3, 0.4) is 0 Å². The summed E-state index contributed by atoms with van der Waals surface area (Å²) in [6, 6.07) is 16.2. The molecule has 2 aromatic carbocycles. The van der Waals surface area contributed by atoms with E-state index in [1.165, 1.54) is 0 Å². The molecule has 0 unspecified atom stereocenters. The summed E-state index contributed by atoms with van der Waals surface area (Å²) in [6.07, 6.45) is 3.90. The van der Waals surface area contributed by atoms with E-state index < -0.39 is 0 Å². The maximum atomic E-state index is 5.84. The summed E-state index contributed by atoms with van der Waals surface area (Å²) in [5.74, 6) is 0. The van der Waals surface area contributed by atoms with Gasteiger partial charge in [-0.05, 0) is 17.7 Å². The van der Waals surface area contributed by atoms with Gasteiger partial charge in [0.1, 0.15) is 0 Å². The van der Waals surface area contributed by atoms with Gasteiger partial charge < -0.3 is 5.73 Å². The Morgan fingerprint density at radius 2 is 1.80 bits per heavy atom. The monoisotopic (exact) mass is 327 g/mol. The summed E-state index contributed by atoms with van der Waals surface area (Å²) in [5.41, 5.74) is 10.1. The Morgan fingerprint density at radius 1 is 1.00 bits per heavy atom. The van der Waals surface area contributed by atoms with E-state index in [1.54, 1.807) is 0 Å². The molecule has 3 aromatic rings. The third-order valence-corrected chi connectivity index (χ3v) is 3.98. The topological polar surface area (TPSA) is 43.8 Å². The predicted molar refractivity (Wildman–Crippen MR) is 84.6 cm³/mol. The van der Waals surface area contributed by atoms with E-state index in [2.05, 4.69) is 33.2 Å². The summed E-state index contributed by atoms with van der Waals surface area (Å²) >= 11 is 3.54. The van der Waals surface area contributed by atoms with Gasteiger partial charge in [0.15, 0.2) is 0 Å². The zero-order valence-electron chi connectivity index (χ0n) is 10.8. The number of rotatable bonds is 3. The molecule has 1 aromatic heterocycles. The van der Waals surface area contributed by atoms with Crippen molar-refractivity contribution in [3.05, 3.63) is 71.0 Å². The highest BCUT2D eigenvalue weighted by molar-refractivity contribution is 9.10. The van der Waals surface area contributed by atoms with Crippen molar-refractivity contribution in [2.75, 3.05) is 0 Å². The Bertz CT molecular complexity index is 720. The summed E-state index contributed by atoms with van der Waals surface area (Å²) < 4.78 is 2.88. The van der Waals surface area contributed by atoms with Gasteiger partial charge in [-0.3, -0.25) is 0 Å². The molecule has 1 heterocycles. The molecule has 3 rings (SSSR count). The van der Waals surface area contributed by atoms with Gasteiger partial charge in [0.25, 0.3) is 0 Å². The largest absolute Gasteiger partial charge is 0.326 e. The molecule has 0 aliphatic rings. The highest BCUT2D eigenvalue weighted by Crippen LogP contribution is 2.25. The van der Waals surface area contributed by atoms with Crippen LogP contribution in [0.15, 0.2) is 65.4 Å². The molecular formula is C16H14BrN3. The van der Waals surface area contributed by atoms with E-state index in [0.29, 0.717) is 6.54 Å². The minimum absolute atomic E-state index is 0.470. The molecular weight excluding hydrogens is 314 g/mol. The van der Waals surface area contributed by atoms with Crippen LogP contribution in [-0.4, -0.2) is 9.78 Å². The number of benzene rings is 2. The van der Waals surface area contributed by atoms with E-state index in [0.717, 1.165) is 26.9 Å². The second-order valence-corrected chi connectivity index (χ2v) is 5.34. The Balaban J connectivity index is 2.05. The second kappa shape index (κ2) is 5.61. The van der Waals surface area contributed by atoms with Crippen molar-refractivity contribution >= 4 is 15.9 Å². The summed E-state index contributed by atoms with van der Waals surface area (Å²) in [6.45, 7) is 0.470. The Labute approximate surface area is 126 Å². The Hall–Kier alpha value is -1.91. The van der Waals surface area contributed by atoms with Crippen molar-refractivity contribution in [3.8, 4) is 16.8 Å². The quantitative estimate of drug-likeness (QED) is 0.795. The first kappa shape index (κ1) is 13.1. The fourth-order valence-corrected chi connectivity index (χ4v) is 2.72. The molecule has 4 heteroatoms. The molecule has 100 valence electrons. The van der Waals surface area contributed by atoms with Gasteiger partial charge >= 0.3 is 0 Å². The van der Waals surface area contributed by atoms with Crippen molar-refractivity contribution in [2.24, 2.45) is 5.73 Å². The highest BCUT2D eigenvalue weighted by atomic mass is 79.9. The molecule has 0 aliphatic heterocycles. The zero-order valence-corrected chi connectivity index (χ0v) is 12.4. The smallest absolute Gasteiger partial charge is 0.0701 e. The van der Waals surface area contributed by atoms with Crippen molar-refractivity contribution < 1.29 is 0 Å². The number of aromatic nitrogens is 2. The van der Waals surface area contributed by atoms with Gasteiger partial charge in [0.05, 0.1) is 11.9 Å². The standard InChI is InChI=1S/C16H14BrN3/c17-15-7-4-8-16(14(15)9-18)20-11-13(10-19-20)12-5-2-1-3-6-12/h1-8,10-11H,9,18H2. The van der Waals surface area contributed by atoms with Gasteiger partial charge in [0.2, 0.25) is 0 Å². The van der Waals surface area contributed by atoms with Crippen molar-refractivity contribution in [3.63, 3.8) is 0 Å². The predicted octanol–water partition coefficient (Wildman–Crippen LogP) is 3.76. The molecule has 0 amide bonds. The first-order chi connectivity index (χ1) is 9.79. The normalized spacial score (nSPS) is 10.7. The molecule has 0 saturated carbocycles. The number of nitrogens with two attached hydrogens (primary N) is 1. The number of hydrogen-bond donors (Lipinski definition) is 1. The Morgan fingerprint density at radius 3 is 2.55 bits per heavy atom. The van der Waals surface area contributed by atoms with Gasteiger partial charge in [0, 0.05) is 28.3 Å². The van der Waals surface area contributed by atoms with Crippen LogP contribution in [0.2, 0.25) is 0 Å². The van der Waals surface area contributed by atoms with Crippen LogP contribution < -0.4 is 5.73 Å². The van der Waals surface area contributed by atoms with Crippen LogP contribution >= 0.6 is 15.9 Å². The maximum absolute atomic E-state index is 5.84. The van der Waals surface area contributed by atoms with E-state index in [4.69, 9.17) is 5.73 Å². The number of halogens is 1. The summed E-state index contributed by atoms with van der Waals surface area (Å²) in [5, 5.41) is 4.45. The fourth-order valence-electron chi connectivity index (χ4n) is 2.20. The van der Waals surface area contributed by atoms with Crippen molar-refractivity contribution in [1.29, 1.82) is 0 Å². The average Bonchev–Trinajstić information content (AvgIpc) is 2.97. The molecule has 3 nitrogen and oxygen atoms in total. The average molecular weight is 328 g/mol. The lowest BCUT2D eigenvalue weighted by Crippen LogP contribution is -2.05. The third kappa shape index (κ3) is 2.40. The summed E-state index contributed by atoms with van der Waals surface area (Å²) in [4.78, 5) is 0. The lowest BCUT2D eigenvalue weighted by molar-refractivity contribution is 0.856. The third-order valence-electron chi connectivity index (χ3n) is 3.23. The molecule has 2 N–H and O–H groups in total. The lowest BCUT2D eigenvalue weighted by Gasteiger charge is -2.09. The molecule has 0 bridgehead atoms. The van der Waals surface area contributed by atoms with E-state index in [9.17, 15) is 0 Å². The Kier molecular flexibility index (Phi) is 3.67. The molecule has 0 saturated heterocycles. The molecule has 0 fully saturated rings. The van der Waals surface area contributed by atoms with Crippen LogP contribution in [0.4, 0.5) is 0 Å². The van der Waals surface area contributed by atoms with Gasteiger partial charge in [-0.15, -0.1) is 0 Å². The van der Waals surface area contributed by atoms with Crippen LogP contribution in [0, 0.1) is 0 Å². The molecule has 0 spiro atoms. The molecule has 0 aliphatic carbocycles. The van der Waals surface area contributed by atoms with E-state index in [1.807, 2.05) is 53.5 Å². The SMILES string of the molecule is NCc1c(Br)cccc1-n1cc(-c2ccccc2)cn1. The zero-order chi connectivity index (χ0) is 13.9. The van der Waals surface area contributed by atoms with Crippen molar-refractivity contribution in [1.82, 2.24) is 9.78 Å². The van der Waals surface area contributed by atoms with Crippen LogP contribution in [0.25, 0.3) is 16.8 Å². The molecule has 0 atom stereocenters. The highest BCUT2D eigenvalue weighted by Gasteiger charge is 2.09. The summed E-state index contributed by atoms with van der Waals surface area (Å²) in [7, 11) is 0.